The van der Waals surface area contributed by atoms with Crippen molar-refractivity contribution in [1.29, 1.82) is 0 Å². The second-order valence-corrected chi connectivity index (χ2v) is 4.24. The van der Waals surface area contributed by atoms with Crippen molar-refractivity contribution in [1.82, 2.24) is 10.6 Å². The predicted molar refractivity (Wildman–Crippen MR) is 62.5 cm³/mol. The fourth-order valence-electron chi connectivity index (χ4n) is 1.75. The van der Waals surface area contributed by atoms with Gasteiger partial charge in [-0.05, 0) is 17.7 Å². The van der Waals surface area contributed by atoms with E-state index in [0.29, 0.717) is 0 Å². The van der Waals surface area contributed by atoms with E-state index in [2.05, 4.69) is 10.6 Å². The molecule has 3 N–H and O–H groups in total. The summed E-state index contributed by atoms with van der Waals surface area (Å²) in [4.78, 5) is 0. The molecule has 1 fully saturated rings. The van der Waals surface area contributed by atoms with Gasteiger partial charge in [0.05, 0.1) is 19.3 Å². The van der Waals surface area contributed by atoms with Crippen LogP contribution in [0.25, 0.3) is 0 Å². The van der Waals surface area contributed by atoms with Crippen molar-refractivity contribution >= 4 is 0 Å². The van der Waals surface area contributed by atoms with E-state index >= 15 is 0 Å². The summed E-state index contributed by atoms with van der Waals surface area (Å²) in [7, 11) is 1.66. The van der Waals surface area contributed by atoms with Crippen LogP contribution in [0.1, 0.15) is 5.56 Å². The Bertz CT molecular complexity index is 328. The lowest BCUT2D eigenvalue weighted by Gasteiger charge is -2.42. The van der Waals surface area contributed by atoms with Gasteiger partial charge >= 0.3 is 0 Å². The third kappa shape index (κ3) is 2.35. The van der Waals surface area contributed by atoms with Crippen LogP contribution in [0.4, 0.5) is 0 Å². The lowest BCUT2D eigenvalue weighted by atomic mass is 9.93. The normalized spacial score (nSPS) is 17.9. The summed E-state index contributed by atoms with van der Waals surface area (Å²) in [6.07, 6.45) is 0. The molecular weight excluding hydrogens is 204 g/mol. The minimum atomic E-state index is -0.125. The van der Waals surface area contributed by atoms with Gasteiger partial charge in [-0.3, -0.25) is 0 Å². The Morgan fingerprint density at radius 1 is 1.38 bits per heavy atom. The van der Waals surface area contributed by atoms with E-state index in [1.54, 1.807) is 7.11 Å². The van der Waals surface area contributed by atoms with E-state index in [9.17, 15) is 5.11 Å². The van der Waals surface area contributed by atoms with E-state index in [0.717, 1.165) is 25.4 Å². The topological polar surface area (TPSA) is 53.5 Å². The molecule has 1 aromatic rings. The van der Waals surface area contributed by atoms with Gasteiger partial charge in [-0.2, -0.15) is 0 Å². The van der Waals surface area contributed by atoms with Gasteiger partial charge in [-0.15, -0.1) is 0 Å². The molecule has 1 aliphatic heterocycles. The fourth-order valence-corrected chi connectivity index (χ4v) is 1.75. The molecule has 4 heteroatoms. The smallest absolute Gasteiger partial charge is 0.118 e. The number of ether oxygens (including phenoxy) is 1. The van der Waals surface area contributed by atoms with Crippen LogP contribution in [0.2, 0.25) is 0 Å². The zero-order valence-corrected chi connectivity index (χ0v) is 9.49. The number of aliphatic hydroxyl groups is 1. The summed E-state index contributed by atoms with van der Waals surface area (Å²) in [5.74, 6) is 0.867. The molecule has 16 heavy (non-hydrogen) atoms. The third-order valence-corrected chi connectivity index (χ3v) is 3.06. The van der Waals surface area contributed by atoms with E-state index in [4.69, 9.17) is 4.74 Å². The molecule has 0 radical (unpaired) electrons. The monoisotopic (exact) mass is 222 g/mol. The standard InChI is InChI=1S/C12H18N2O2/c1-16-11-4-2-10(3-5-11)6-14-12(9-15)7-13-8-12/h2-5,13-15H,6-9H2,1H3. The summed E-state index contributed by atoms with van der Waals surface area (Å²) in [5, 5.41) is 15.8. The molecule has 0 aromatic heterocycles. The highest BCUT2D eigenvalue weighted by atomic mass is 16.5. The molecular formula is C12H18N2O2. The molecule has 0 saturated carbocycles. The molecule has 0 amide bonds. The summed E-state index contributed by atoms with van der Waals surface area (Å²) < 4.78 is 5.10. The summed E-state index contributed by atoms with van der Waals surface area (Å²) in [6.45, 7) is 2.61. The maximum Gasteiger partial charge on any atom is 0.118 e. The molecule has 0 spiro atoms. The van der Waals surface area contributed by atoms with Crippen LogP contribution in [0.5, 0.6) is 5.75 Å². The highest BCUT2D eigenvalue weighted by Crippen LogP contribution is 2.14. The largest absolute Gasteiger partial charge is 0.497 e. The third-order valence-electron chi connectivity index (χ3n) is 3.06. The van der Waals surface area contributed by atoms with Gasteiger partial charge in [0, 0.05) is 19.6 Å². The fraction of sp³-hybridized carbons (Fsp3) is 0.500. The molecule has 88 valence electrons. The van der Waals surface area contributed by atoms with Gasteiger partial charge in [0.25, 0.3) is 0 Å². The molecule has 1 heterocycles. The Morgan fingerprint density at radius 2 is 2.06 bits per heavy atom. The van der Waals surface area contributed by atoms with Crippen molar-refractivity contribution < 1.29 is 9.84 Å². The molecule has 4 nitrogen and oxygen atoms in total. The minimum Gasteiger partial charge on any atom is -0.497 e. The van der Waals surface area contributed by atoms with Gasteiger partial charge in [0.2, 0.25) is 0 Å². The lowest BCUT2D eigenvalue weighted by molar-refractivity contribution is 0.108. The van der Waals surface area contributed by atoms with Crippen molar-refractivity contribution in [2.24, 2.45) is 0 Å². The van der Waals surface area contributed by atoms with Crippen LogP contribution < -0.4 is 15.4 Å². The Morgan fingerprint density at radius 3 is 2.50 bits per heavy atom. The number of hydrogen-bond donors (Lipinski definition) is 3. The minimum absolute atomic E-state index is 0.125. The first-order valence-corrected chi connectivity index (χ1v) is 5.47. The highest BCUT2D eigenvalue weighted by molar-refractivity contribution is 5.27. The number of rotatable bonds is 5. The number of methoxy groups -OCH3 is 1. The molecule has 1 saturated heterocycles. The van der Waals surface area contributed by atoms with Crippen molar-refractivity contribution in [3.63, 3.8) is 0 Å². The van der Waals surface area contributed by atoms with E-state index < -0.39 is 0 Å². The number of hydrogen-bond acceptors (Lipinski definition) is 4. The van der Waals surface area contributed by atoms with Crippen LogP contribution in [0.15, 0.2) is 24.3 Å². The second-order valence-electron chi connectivity index (χ2n) is 4.24. The van der Waals surface area contributed by atoms with E-state index in [1.807, 2.05) is 24.3 Å². The van der Waals surface area contributed by atoms with Gasteiger partial charge < -0.3 is 20.5 Å². The summed E-state index contributed by atoms with van der Waals surface area (Å²) in [6, 6.07) is 7.95. The average Bonchev–Trinajstić information content (AvgIpc) is 2.29. The number of benzene rings is 1. The van der Waals surface area contributed by atoms with Gasteiger partial charge in [0.15, 0.2) is 0 Å². The van der Waals surface area contributed by atoms with Crippen LogP contribution in [-0.4, -0.2) is 37.5 Å². The quantitative estimate of drug-likeness (QED) is 0.662. The Hall–Kier alpha value is -1.10. The Kier molecular flexibility index (Phi) is 3.43. The molecule has 2 rings (SSSR count). The van der Waals surface area contributed by atoms with Crippen LogP contribution >= 0.6 is 0 Å². The first-order valence-electron chi connectivity index (χ1n) is 5.47. The number of nitrogens with one attached hydrogen (secondary N) is 2. The van der Waals surface area contributed by atoms with E-state index in [1.165, 1.54) is 5.56 Å². The van der Waals surface area contributed by atoms with Crippen LogP contribution in [-0.2, 0) is 6.54 Å². The summed E-state index contributed by atoms with van der Waals surface area (Å²) >= 11 is 0. The van der Waals surface area contributed by atoms with Crippen molar-refractivity contribution in [3.8, 4) is 5.75 Å². The van der Waals surface area contributed by atoms with Gasteiger partial charge in [-0.1, -0.05) is 12.1 Å². The molecule has 1 aromatic carbocycles. The lowest BCUT2D eigenvalue weighted by Crippen LogP contribution is -2.69. The summed E-state index contributed by atoms with van der Waals surface area (Å²) in [5.41, 5.74) is 1.07. The molecule has 0 unspecified atom stereocenters. The van der Waals surface area contributed by atoms with Gasteiger partial charge in [0.1, 0.15) is 5.75 Å². The predicted octanol–water partition coefficient (Wildman–Crippen LogP) is 0.119. The maximum atomic E-state index is 9.27. The SMILES string of the molecule is COc1ccc(CNC2(CO)CNC2)cc1. The maximum absolute atomic E-state index is 9.27. The van der Waals surface area contributed by atoms with Crippen LogP contribution in [0.3, 0.4) is 0 Å². The van der Waals surface area contributed by atoms with Crippen molar-refractivity contribution in [3.05, 3.63) is 29.8 Å². The second kappa shape index (κ2) is 4.82. The average molecular weight is 222 g/mol. The molecule has 0 atom stereocenters. The Labute approximate surface area is 95.6 Å². The zero-order valence-electron chi connectivity index (χ0n) is 9.49. The first kappa shape index (κ1) is 11.4. The molecule has 0 bridgehead atoms. The van der Waals surface area contributed by atoms with Gasteiger partial charge in [-0.25, -0.2) is 0 Å². The molecule has 0 aliphatic carbocycles. The van der Waals surface area contributed by atoms with Crippen LogP contribution in [0, 0.1) is 0 Å². The van der Waals surface area contributed by atoms with E-state index in [-0.39, 0.29) is 12.1 Å². The number of aliphatic hydroxyl groups excluding tert-OH is 1. The highest BCUT2D eigenvalue weighted by Gasteiger charge is 2.35. The first-order chi connectivity index (χ1) is 7.78. The molecule has 1 aliphatic rings. The Balaban J connectivity index is 1.89. The zero-order chi connectivity index (χ0) is 11.4. The van der Waals surface area contributed by atoms with Crippen molar-refractivity contribution in [2.75, 3.05) is 26.8 Å². The van der Waals surface area contributed by atoms with Crippen molar-refractivity contribution in [2.45, 2.75) is 12.1 Å².